The van der Waals surface area contributed by atoms with Gasteiger partial charge >= 0.3 is 0 Å². The van der Waals surface area contributed by atoms with Crippen LogP contribution in [0.4, 0.5) is 0 Å². The molecule has 5 aromatic rings. The molecule has 0 radical (unpaired) electrons. The predicted octanol–water partition coefficient (Wildman–Crippen LogP) is 3.80. The minimum absolute atomic E-state index is 0.232. The summed E-state index contributed by atoms with van der Waals surface area (Å²) >= 11 is 0. The second-order valence-corrected chi connectivity index (χ2v) is 9.74. The number of benzene rings is 1. The number of amides is 1. The van der Waals surface area contributed by atoms with Crippen LogP contribution in [0.1, 0.15) is 46.0 Å². The van der Waals surface area contributed by atoms with E-state index in [1.807, 2.05) is 31.2 Å². The van der Waals surface area contributed by atoms with Crippen LogP contribution in [0.2, 0.25) is 0 Å². The normalized spacial score (nSPS) is 13.6. The number of aromatic nitrogens is 7. The van der Waals surface area contributed by atoms with Crippen LogP contribution in [0, 0.1) is 13.8 Å². The number of Topliss-reactive ketones (excluding diaryl/α,β-unsaturated/α-hetero) is 1. The summed E-state index contributed by atoms with van der Waals surface area (Å²) < 4.78 is 7.03. The van der Waals surface area contributed by atoms with E-state index in [0.717, 1.165) is 22.5 Å². The van der Waals surface area contributed by atoms with E-state index in [0.29, 0.717) is 54.2 Å². The Labute approximate surface area is 229 Å². The second-order valence-electron chi connectivity index (χ2n) is 9.74. The molecular formula is C29H28N8O3. The Morgan fingerprint density at radius 1 is 1.05 bits per heavy atom. The maximum Gasteiger partial charge on any atom is 0.295 e. The number of carbonyl (C=O) groups excluding carboxylic acids is 2. The standard InChI is InChI=1S/C29H28N8O3/c1-17-13-22(34-33-17)24(19-7-5-4-6-8-19)20-9-11-36(12-10-20)29(39)27(38)21-14-30-26-25(21)23(40-3)15-31-28(26)37-16-32-18(2)35-37/h4-8,13-16,30H,9-12H2,1-3H3,(H,33,34). The molecule has 1 aliphatic heterocycles. The van der Waals surface area contributed by atoms with Crippen LogP contribution >= 0.6 is 0 Å². The van der Waals surface area contributed by atoms with E-state index in [4.69, 9.17) is 4.74 Å². The molecule has 5 heterocycles. The zero-order valence-electron chi connectivity index (χ0n) is 22.4. The molecule has 2 N–H and O–H groups in total. The van der Waals surface area contributed by atoms with Crippen LogP contribution < -0.4 is 4.74 Å². The van der Waals surface area contributed by atoms with Gasteiger partial charge in [0.05, 0.1) is 35.5 Å². The number of fused-ring (bicyclic) bond motifs is 1. The van der Waals surface area contributed by atoms with Crippen molar-refractivity contribution in [2.45, 2.75) is 26.7 Å². The lowest BCUT2D eigenvalue weighted by Crippen LogP contribution is -2.40. The number of carbonyl (C=O) groups is 2. The lowest BCUT2D eigenvalue weighted by atomic mass is 9.90. The number of nitrogens with zero attached hydrogens (tertiary/aromatic N) is 6. The minimum Gasteiger partial charge on any atom is -0.494 e. The van der Waals surface area contributed by atoms with Crippen molar-refractivity contribution in [2.24, 2.45) is 0 Å². The van der Waals surface area contributed by atoms with E-state index in [1.54, 1.807) is 18.2 Å². The van der Waals surface area contributed by atoms with Crippen molar-refractivity contribution in [3.63, 3.8) is 0 Å². The van der Waals surface area contributed by atoms with Gasteiger partial charge in [-0.15, -0.1) is 0 Å². The van der Waals surface area contributed by atoms with Gasteiger partial charge in [0.1, 0.15) is 17.9 Å². The van der Waals surface area contributed by atoms with Crippen LogP contribution in [0.5, 0.6) is 5.75 Å². The van der Waals surface area contributed by atoms with Gasteiger partial charge in [-0.3, -0.25) is 14.7 Å². The summed E-state index contributed by atoms with van der Waals surface area (Å²) in [4.78, 5) is 40.3. The summed E-state index contributed by atoms with van der Waals surface area (Å²) in [5.74, 6) is 0.278. The number of likely N-dealkylation sites (tertiary alicyclic amines) is 1. The minimum atomic E-state index is -0.602. The maximum atomic E-state index is 13.6. The number of H-pyrrole nitrogens is 2. The van der Waals surface area contributed by atoms with Gasteiger partial charge in [0, 0.05) is 30.6 Å². The molecule has 0 unspecified atom stereocenters. The maximum absolute atomic E-state index is 13.6. The first kappa shape index (κ1) is 25.2. The van der Waals surface area contributed by atoms with E-state index < -0.39 is 11.7 Å². The zero-order valence-corrected chi connectivity index (χ0v) is 22.4. The number of rotatable bonds is 6. The molecule has 0 spiro atoms. The number of aryl methyl sites for hydroxylation is 2. The highest BCUT2D eigenvalue weighted by Crippen LogP contribution is 2.34. The first-order valence-corrected chi connectivity index (χ1v) is 13.0. The fraction of sp³-hybridized carbons (Fsp3) is 0.241. The SMILES string of the molecule is COc1cnc(-n2cnc(C)n2)c2[nH]cc(C(=O)C(=O)N3CCC(=C(c4ccccc4)c4cc(C)[nH]n4)CC3)c12. The average Bonchev–Trinajstić information content (AvgIpc) is 3.73. The Morgan fingerprint density at radius 2 is 1.82 bits per heavy atom. The number of ether oxygens (including phenoxy) is 1. The molecule has 1 amide bonds. The van der Waals surface area contributed by atoms with Gasteiger partial charge in [0.2, 0.25) is 0 Å². The Kier molecular flexibility index (Phi) is 6.47. The van der Waals surface area contributed by atoms with Crippen molar-refractivity contribution in [3.05, 3.63) is 89.0 Å². The molecule has 0 aliphatic carbocycles. The number of ketones is 1. The molecule has 11 heteroatoms. The molecule has 1 aliphatic rings. The molecule has 4 aromatic heterocycles. The van der Waals surface area contributed by atoms with E-state index >= 15 is 0 Å². The molecule has 6 rings (SSSR count). The van der Waals surface area contributed by atoms with Gasteiger partial charge in [-0.1, -0.05) is 35.9 Å². The Morgan fingerprint density at radius 3 is 2.48 bits per heavy atom. The fourth-order valence-electron chi connectivity index (χ4n) is 5.23. The summed E-state index contributed by atoms with van der Waals surface area (Å²) in [6.07, 6.45) is 5.89. The number of piperidine rings is 1. The number of hydrogen-bond acceptors (Lipinski definition) is 7. The third-order valence-corrected chi connectivity index (χ3v) is 7.17. The van der Waals surface area contributed by atoms with Crippen LogP contribution in [0.3, 0.4) is 0 Å². The van der Waals surface area contributed by atoms with Gasteiger partial charge in [-0.05, 0) is 38.3 Å². The average molecular weight is 537 g/mol. The molecule has 0 atom stereocenters. The third kappa shape index (κ3) is 4.45. The number of pyridine rings is 1. The van der Waals surface area contributed by atoms with E-state index in [-0.39, 0.29) is 5.56 Å². The molecule has 1 aromatic carbocycles. The van der Waals surface area contributed by atoms with Crippen LogP contribution in [0.15, 0.2) is 60.7 Å². The molecule has 0 bridgehead atoms. The van der Waals surface area contributed by atoms with Crippen molar-refractivity contribution in [2.75, 3.05) is 20.2 Å². The third-order valence-electron chi connectivity index (χ3n) is 7.17. The quantitative estimate of drug-likeness (QED) is 0.249. The van der Waals surface area contributed by atoms with Gasteiger partial charge in [0.15, 0.2) is 5.82 Å². The van der Waals surface area contributed by atoms with E-state index in [2.05, 4.69) is 42.4 Å². The number of aromatic amines is 2. The molecule has 0 saturated carbocycles. The summed E-state index contributed by atoms with van der Waals surface area (Å²) in [6.45, 7) is 4.62. The fourth-order valence-corrected chi connectivity index (χ4v) is 5.23. The van der Waals surface area contributed by atoms with E-state index in [9.17, 15) is 9.59 Å². The first-order chi connectivity index (χ1) is 19.4. The van der Waals surface area contributed by atoms with Crippen LogP contribution in [-0.2, 0) is 4.79 Å². The highest BCUT2D eigenvalue weighted by molar-refractivity contribution is 6.45. The molecule has 11 nitrogen and oxygen atoms in total. The van der Waals surface area contributed by atoms with Crippen molar-refractivity contribution in [1.29, 1.82) is 0 Å². The molecule has 1 saturated heterocycles. The van der Waals surface area contributed by atoms with Gasteiger partial charge in [0.25, 0.3) is 11.7 Å². The number of methoxy groups -OCH3 is 1. The van der Waals surface area contributed by atoms with Crippen molar-refractivity contribution in [1.82, 2.24) is 39.8 Å². The van der Waals surface area contributed by atoms with Crippen molar-refractivity contribution >= 4 is 28.2 Å². The van der Waals surface area contributed by atoms with Gasteiger partial charge in [-0.2, -0.15) is 10.2 Å². The highest BCUT2D eigenvalue weighted by Gasteiger charge is 2.30. The summed E-state index contributed by atoms with van der Waals surface area (Å²) in [7, 11) is 1.50. The topological polar surface area (TPSA) is 135 Å². The van der Waals surface area contributed by atoms with Crippen molar-refractivity contribution < 1.29 is 14.3 Å². The lowest BCUT2D eigenvalue weighted by molar-refractivity contribution is -0.126. The molecule has 40 heavy (non-hydrogen) atoms. The Hall–Kier alpha value is -5.06. The van der Waals surface area contributed by atoms with E-state index in [1.165, 1.54) is 29.8 Å². The Balaban J connectivity index is 1.28. The monoisotopic (exact) mass is 536 g/mol. The zero-order chi connectivity index (χ0) is 27.8. The molecule has 202 valence electrons. The smallest absolute Gasteiger partial charge is 0.295 e. The number of hydrogen-bond donors (Lipinski definition) is 2. The largest absolute Gasteiger partial charge is 0.494 e. The first-order valence-electron chi connectivity index (χ1n) is 13.0. The van der Waals surface area contributed by atoms with Gasteiger partial charge in [-0.25, -0.2) is 14.6 Å². The van der Waals surface area contributed by atoms with Crippen LogP contribution in [-0.4, -0.2) is 71.7 Å². The molecule has 1 fully saturated rings. The van der Waals surface area contributed by atoms with Gasteiger partial charge < -0.3 is 14.6 Å². The second kappa shape index (κ2) is 10.3. The highest BCUT2D eigenvalue weighted by atomic mass is 16.5. The molecular weight excluding hydrogens is 508 g/mol. The lowest BCUT2D eigenvalue weighted by Gasteiger charge is -2.29. The Bertz CT molecular complexity index is 1750. The summed E-state index contributed by atoms with van der Waals surface area (Å²) in [5, 5.41) is 12.4. The van der Waals surface area contributed by atoms with Crippen LogP contribution in [0.25, 0.3) is 22.3 Å². The predicted molar refractivity (Wildman–Crippen MR) is 148 cm³/mol. The number of nitrogens with one attached hydrogen (secondary N) is 2. The summed E-state index contributed by atoms with van der Waals surface area (Å²) in [6, 6.07) is 12.2. The van der Waals surface area contributed by atoms with Crippen molar-refractivity contribution in [3.8, 4) is 11.6 Å². The summed E-state index contributed by atoms with van der Waals surface area (Å²) in [5.41, 5.74) is 6.00.